The van der Waals surface area contributed by atoms with E-state index in [1.165, 1.54) is 31.3 Å². The number of sulfonamides is 1. The molecule has 122 valence electrons. The number of carboxylic acid groups (broad SMARTS) is 1. The van der Waals surface area contributed by atoms with Crippen LogP contribution in [0.2, 0.25) is 5.02 Å². The summed E-state index contributed by atoms with van der Waals surface area (Å²) in [5, 5.41) is 9.27. The topological polar surface area (TPSA) is 120 Å². The maximum Gasteiger partial charge on any atom is 0.354 e. The normalized spacial score (nSPS) is 11.6. The summed E-state index contributed by atoms with van der Waals surface area (Å²) in [6.07, 6.45) is 0. The summed E-state index contributed by atoms with van der Waals surface area (Å²) in [7, 11) is -2.55. The van der Waals surface area contributed by atoms with Crippen molar-refractivity contribution in [2.75, 3.05) is 7.05 Å². The van der Waals surface area contributed by atoms with Crippen LogP contribution in [0.3, 0.4) is 0 Å². The zero-order chi connectivity index (χ0) is 17.2. The molecule has 0 saturated carbocycles. The Morgan fingerprint density at radius 2 is 1.96 bits per heavy atom. The van der Waals surface area contributed by atoms with Gasteiger partial charge in [0.2, 0.25) is 10.0 Å². The van der Waals surface area contributed by atoms with E-state index in [-0.39, 0.29) is 17.3 Å². The standard InChI is InChI=1S/C13H12ClN3O5S/c1-17(23(21,22)9-4-2-8(14)3-5-9)7-11-15-10(13(19)20)6-12(18)16-11/h2-6H,7H2,1H3,(H,19,20)(H,15,16,18). The molecule has 0 saturated heterocycles. The molecule has 0 fully saturated rings. The van der Waals surface area contributed by atoms with Gasteiger partial charge in [0.25, 0.3) is 5.56 Å². The molecule has 2 aromatic rings. The third-order valence-electron chi connectivity index (χ3n) is 2.90. The lowest BCUT2D eigenvalue weighted by molar-refractivity contribution is 0.0689. The molecule has 8 nitrogen and oxygen atoms in total. The lowest BCUT2D eigenvalue weighted by Crippen LogP contribution is -2.29. The van der Waals surface area contributed by atoms with Crippen LogP contribution >= 0.6 is 11.6 Å². The molecule has 2 rings (SSSR count). The van der Waals surface area contributed by atoms with Gasteiger partial charge in [-0.1, -0.05) is 11.6 Å². The smallest absolute Gasteiger partial charge is 0.354 e. The molecule has 2 N–H and O–H groups in total. The van der Waals surface area contributed by atoms with Gasteiger partial charge in [-0.25, -0.2) is 18.2 Å². The fourth-order valence-electron chi connectivity index (χ4n) is 1.77. The van der Waals surface area contributed by atoms with E-state index >= 15 is 0 Å². The predicted molar refractivity (Wildman–Crippen MR) is 81.9 cm³/mol. The number of H-pyrrole nitrogens is 1. The quantitative estimate of drug-likeness (QED) is 0.821. The zero-order valence-electron chi connectivity index (χ0n) is 11.9. The van der Waals surface area contributed by atoms with Crippen molar-refractivity contribution in [3.8, 4) is 0 Å². The summed E-state index contributed by atoms with van der Waals surface area (Å²) < 4.78 is 25.7. The molecule has 0 spiro atoms. The van der Waals surface area contributed by atoms with E-state index in [0.717, 1.165) is 10.4 Å². The summed E-state index contributed by atoms with van der Waals surface area (Å²) >= 11 is 5.72. The molecule has 23 heavy (non-hydrogen) atoms. The highest BCUT2D eigenvalue weighted by Crippen LogP contribution is 2.18. The largest absolute Gasteiger partial charge is 0.477 e. The van der Waals surface area contributed by atoms with Crippen molar-refractivity contribution in [2.24, 2.45) is 0 Å². The van der Waals surface area contributed by atoms with Gasteiger partial charge in [-0.3, -0.25) is 4.79 Å². The van der Waals surface area contributed by atoms with Crippen molar-refractivity contribution in [1.82, 2.24) is 14.3 Å². The van der Waals surface area contributed by atoms with Gasteiger partial charge < -0.3 is 10.1 Å². The fraction of sp³-hybridized carbons (Fsp3) is 0.154. The maximum absolute atomic E-state index is 12.4. The average Bonchev–Trinajstić information content (AvgIpc) is 2.46. The number of hydrogen-bond acceptors (Lipinski definition) is 5. The third kappa shape index (κ3) is 3.95. The highest BCUT2D eigenvalue weighted by molar-refractivity contribution is 7.89. The van der Waals surface area contributed by atoms with Gasteiger partial charge in [-0.15, -0.1) is 0 Å². The van der Waals surface area contributed by atoms with Gasteiger partial charge in [-0.2, -0.15) is 4.31 Å². The van der Waals surface area contributed by atoms with Gasteiger partial charge >= 0.3 is 5.97 Å². The van der Waals surface area contributed by atoms with E-state index in [9.17, 15) is 18.0 Å². The Labute approximate surface area is 136 Å². The second-order valence-electron chi connectivity index (χ2n) is 4.60. The van der Waals surface area contributed by atoms with E-state index in [0.29, 0.717) is 5.02 Å². The summed E-state index contributed by atoms with van der Waals surface area (Å²) in [5.74, 6) is -1.45. The number of carbonyl (C=O) groups is 1. The van der Waals surface area contributed by atoms with E-state index in [1.807, 2.05) is 0 Å². The number of aromatic carboxylic acids is 1. The van der Waals surface area contributed by atoms with Crippen LogP contribution in [0.5, 0.6) is 0 Å². The van der Waals surface area contributed by atoms with Crippen molar-refractivity contribution in [2.45, 2.75) is 11.4 Å². The van der Waals surface area contributed by atoms with Crippen LogP contribution in [-0.2, 0) is 16.6 Å². The first-order valence-corrected chi connectivity index (χ1v) is 8.07. The van der Waals surface area contributed by atoms with E-state index in [4.69, 9.17) is 16.7 Å². The van der Waals surface area contributed by atoms with Gasteiger partial charge in [0.05, 0.1) is 11.4 Å². The number of benzene rings is 1. The first-order chi connectivity index (χ1) is 10.7. The lowest BCUT2D eigenvalue weighted by Gasteiger charge is -2.16. The molecule has 0 atom stereocenters. The second kappa shape index (κ2) is 6.49. The van der Waals surface area contributed by atoms with Crippen LogP contribution in [0.15, 0.2) is 40.0 Å². The van der Waals surface area contributed by atoms with Crippen molar-refractivity contribution in [1.29, 1.82) is 0 Å². The SMILES string of the molecule is CN(Cc1nc(C(=O)O)cc(=O)[nH]1)S(=O)(=O)c1ccc(Cl)cc1. The van der Waals surface area contributed by atoms with Gasteiger partial charge in [0.1, 0.15) is 5.82 Å². The fourth-order valence-corrected chi connectivity index (χ4v) is 3.03. The van der Waals surface area contributed by atoms with Crippen LogP contribution in [-0.4, -0.2) is 40.8 Å². The maximum atomic E-state index is 12.4. The van der Waals surface area contributed by atoms with Gasteiger partial charge in [0, 0.05) is 18.1 Å². The molecule has 10 heteroatoms. The summed E-state index contributed by atoms with van der Waals surface area (Å²) in [5.41, 5.74) is -1.13. The molecule has 0 aliphatic rings. The molecule has 1 aromatic heterocycles. The highest BCUT2D eigenvalue weighted by Gasteiger charge is 2.22. The molecule has 0 radical (unpaired) electrons. The molecular formula is C13H12ClN3O5S. The van der Waals surface area contributed by atoms with Crippen LogP contribution in [0.4, 0.5) is 0 Å². The Hall–Kier alpha value is -2.23. The second-order valence-corrected chi connectivity index (χ2v) is 7.08. The van der Waals surface area contributed by atoms with Crippen LogP contribution in [0, 0.1) is 0 Å². The van der Waals surface area contributed by atoms with Crippen molar-refractivity contribution in [3.63, 3.8) is 0 Å². The lowest BCUT2D eigenvalue weighted by atomic mass is 10.4. The van der Waals surface area contributed by atoms with Crippen LogP contribution in [0.25, 0.3) is 0 Å². The number of aromatic amines is 1. The molecule has 0 unspecified atom stereocenters. The van der Waals surface area contributed by atoms with Crippen molar-refractivity contribution in [3.05, 3.63) is 57.2 Å². The molecule has 0 amide bonds. The Kier molecular flexibility index (Phi) is 4.83. The molecule has 0 aliphatic carbocycles. The van der Waals surface area contributed by atoms with E-state index < -0.39 is 27.2 Å². The number of hydrogen-bond donors (Lipinski definition) is 2. The monoisotopic (exact) mass is 357 g/mol. The minimum Gasteiger partial charge on any atom is -0.477 e. The number of nitrogens with one attached hydrogen (secondary N) is 1. The zero-order valence-corrected chi connectivity index (χ0v) is 13.4. The summed E-state index contributed by atoms with van der Waals surface area (Å²) in [6, 6.07) is 6.39. The summed E-state index contributed by atoms with van der Waals surface area (Å²) in [4.78, 5) is 28.3. The van der Waals surface area contributed by atoms with Crippen molar-refractivity contribution < 1.29 is 18.3 Å². The van der Waals surface area contributed by atoms with Crippen molar-refractivity contribution >= 4 is 27.6 Å². The number of rotatable bonds is 5. The molecule has 1 aromatic carbocycles. The Morgan fingerprint density at radius 1 is 1.35 bits per heavy atom. The molecule has 0 aliphatic heterocycles. The minimum absolute atomic E-state index is 0.0149. The molecule has 0 bridgehead atoms. The van der Waals surface area contributed by atoms with E-state index in [1.54, 1.807) is 0 Å². The Balaban J connectivity index is 2.31. The molecule has 1 heterocycles. The number of halogens is 1. The average molecular weight is 358 g/mol. The highest BCUT2D eigenvalue weighted by atomic mass is 35.5. The van der Waals surface area contributed by atoms with E-state index in [2.05, 4.69) is 9.97 Å². The molecular weight excluding hydrogens is 346 g/mol. The third-order valence-corrected chi connectivity index (χ3v) is 4.97. The summed E-state index contributed by atoms with van der Waals surface area (Å²) in [6.45, 7) is -0.290. The van der Waals surface area contributed by atoms with Crippen LogP contribution in [0.1, 0.15) is 16.3 Å². The Bertz CT molecular complexity index is 893. The first kappa shape index (κ1) is 17.1. The number of carboxylic acids is 1. The Morgan fingerprint density at radius 3 is 2.52 bits per heavy atom. The first-order valence-electron chi connectivity index (χ1n) is 6.25. The predicted octanol–water partition coefficient (Wildman–Crippen LogP) is 0.942. The van der Waals surface area contributed by atoms with Gasteiger partial charge in [0.15, 0.2) is 5.69 Å². The number of nitrogens with zero attached hydrogens (tertiary/aromatic N) is 2. The minimum atomic E-state index is -3.83. The van der Waals surface area contributed by atoms with Gasteiger partial charge in [-0.05, 0) is 24.3 Å². The number of aromatic nitrogens is 2. The van der Waals surface area contributed by atoms with Crippen LogP contribution < -0.4 is 5.56 Å².